The third kappa shape index (κ3) is 5.15. The maximum atomic E-state index is 12.8. The van der Waals surface area contributed by atoms with Crippen LogP contribution in [0.25, 0.3) is 0 Å². The summed E-state index contributed by atoms with van der Waals surface area (Å²) in [4.78, 5) is 30.5. The second-order valence-corrected chi connectivity index (χ2v) is 7.63. The van der Waals surface area contributed by atoms with Gasteiger partial charge in [-0.25, -0.2) is 4.79 Å². The van der Waals surface area contributed by atoms with E-state index in [1.54, 1.807) is 14.7 Å². The molecule has 1 fully saturated rings. The number of aliphatic hydroxyl groups is 1. The van der Waals surface area contributed by atoms with Crippen LogP contribution in [0, 0.1) is 0 Å². The van der Waals surface area contributed by atoms with Gasteiger partial charge < -0.3 is 14.9 Å². The van der Waals surface area contributed by atoms with E-state index >= 15 is 0 Å². The van der Waals surface area contributed by atoms with Gasteiger partial charge in [0.15, 0.2) is 0 Å². The van der Waals surface area contributed by atoms with Crippen molar-refractivity contribution in [1.82, 2.24) is 9.80 Å². The highest BCUT2D eigenvalue weighted by molar-refractivity contribution is 5.96. The third-order valence-corrected chi connectivity index (χ3v) is 5.23. The van der Waals surface area contributed by atoms with Gasteiger partial charge >= 0.3 is 6.03 Å². The van der Waals surface area contributed by atoms with Crippen molar-refractivity contribution < 1.29 is 14.7 Å². The van der Waals surface area contributed by atoms with Gasteiger partial charge in [0.25, 0.3) is 0 Å². The summed E-state index contributed by atoms with van der Waals surface area (Å²) in [6, 6.07) is 17.5. The average molecular weight is 396 g/mol. The van der Waals surface area contributed by atoms with E-state index in [-0.39, 0.29) is 31.6 Å². The molecule has 2 aromatic carbocycles. The Labute approximate surface area is 172 Å². The SMILES string of the molecule is CC(C)c1ccc(N2CCN(CC(=O)N(CCO)Cc3ccccc3)C2=O)cc1. The molecular formula is C23H29N3O3. The Bertz CT molecular complexity index is 821. The topological polar surface area (TPSA) is 64.1 Å². The maximum absolute atomic E-state index is 12.8. The van der Waals surface area contributed by atoms with E-state index in [2.05, 4.69) is 13.8 Å². The highest BCUT2D eigenvalue weighted by Gasteiger charge is 2.31. The van der Waals surface area contributed by atoms with Crippen molar-refractivity contribution >= 4 is 17.6 Å². The molecule has 6 nitrogen and oxygen atoms in total. The molecule has 0 atom stereocenters. The Morgan fingerprint density at radius 3 is 2.38 bits per heavy atom. The molecule has 6 heteroatoms. The molecule has 0 bridgehead atoms. The van der Waals surface area contributed by atoms with Crippen LogP contribution in [0.3, 0.4) is 0 Å². The fourth-order valence-corrected chi connectivity index (χ4v) is 3.49. The first kappa shape index (κ1) is 20.9. The van der Waals surface area contributed by atoms with Gasteiger partial charge in [0.1, 0.15) is 6.54 Å². The van der Waals surface area contributed by atoms with E-state index in [0.29, 0.717) is 25.6 Å². The molecule has 154 valence electrons. The zero-order valence-electron chi connectivity index (χ0n) is 17.1. The molecule has 3 amide bonds. The van der Waals surface area contributed by atoms with E-state index < -0.39 is 0 Å². The van der Waals surface area contributed by atoms with Gasteiger partial charge in [-0.1, -0.05) is 56.3 Å². The van der Waals surface area contributed by atoms with Crippen LogP contribution in [-0.4, -0.2) is 59.6 Å². The molecule has 0 spiro atoms. The quantitative estimate of drug-likeness (QED) is 0.747. The predicted molar refractivity (Wildman–Crippen MR) is 114 cm³/mol. The van der Waals surface area contributed by atoms with Gasteiger partial charge in [0, 0.05) is 31.9 Å². The van der Waals surface area contributed by atoms with Gasteiger partial charge in [-0.3, -0.25) is 9.69 Å². The van der Waals surface area contributed by atoms with Gasteiger partial charge in [-0.2, -0.15) is 0 Å². The second-order valence-electron chi connectivity index (χ2n) is 7.63. The summed E-state index contributed by atoms with van der Waals surface area (Å²) in [7, 11) is 0. The molecular weight excluding hydrogens is 366 g/mol. The van der Waals surface area contributed by atoms with Crippen LogP contribution in [0.5, 0.6) is 0 Å². The normalized spacial score (nSPS) is 14.0. The minimum absolute atomic E-state index is 0.0201. The molecule has 3 rings (SSSR count). The Morgan fingerprint density at radius 2 is 1.76 bits per heavy atom. The lowest BCUT2D eigenvalue weighted by Gasteiger charge is -2.25. The van der Waals surface area contributed by atoms with Gasteiger partial charge in [0.05, 0.1) is 6.61 Å². The molecule has 29 heavy (non-hydrogen) atoms. The first-order chi connectivity index (χ1) is 14.0. The molecule has 1 saturated heterocycles. The number of hydrogen-bond donors (Lipinski definition) is 1. The molecule has 0 radical (unpaired) electrons. The lowest BCUT2D eigenvalue weighted by molar-refractivity contribution is -0.132. The fraction of sp³-hybridized carbons (Fsp3) is 0.391. The first-order valence-corrected chi connectivity index (χ1v) is 10.1. The number of carbonyl (C=O) groups excluding carboxylic acids is 2. The van der Waals surface area contributed by atoms with Crippen LogP contribution >= 0.6 is 0 Å². The number of amides is 3. The van der Waals surface area contributed by atoms with Crippen molar-refractivity contribution in [2.24, 2.45) is 0 Å². The van der Waals surface area contributed by atoms with Crippen molar-refractivity contribution in [1.29, 1.82) is 0 Å². The summed E-state index contributed by atoms with van der Waals surface area (Å²) in [5.41, 5.74) is 3.08. The van der Waals surface area contributed by atoms with E-state index in [1.165, 1.54) is 5.56 Å². The van der Waals surface area contributed by atoms with E-state index in [1.807, 2.05) is 54.6 Å². The number of urea groups is 1. The second kappa shape index (κ2) is 9.56. The first-order valence-electron chi connectivity index (χ1n) is 10.1. The van der Waals surface area contributed by atoms with Gasteiger partial charge in [-0.15, -0.1) is 0 Å². The zero-order chi connectivity index (χ0) is 20.8. The molecule has 0 unspecified atom stereocenters. The van der Waals surface area contributed by atoms with Crippen molar-refractivity contribution in [3.05, 3.63) is 65.7 Å². The number of rotatable bonds is 8. The molecule has 0 saturated carbocycles. The number of carbonyl (C=O) groups is 2. The Morgan fingerprint density at radius 1 is 1.07 bits per heavy atom. The minimum Gasteiger partial charge on any atom is -0.395 e. The molecule has 0 aliphatic carbocycles. The van der Waals surface area contributed by atoms with Gasteiger partial charge in [0.2, 0.25) is 5.91 Å². The van der Waals surface area contributed by atoms with E-state index in [0.717, 1.165) is 11.3 Å². The maximum Gasteiger partial charge on any atom is 0.325 e. The van der Waals surface area contributed by atoms with Crippen LogP contribution in [-0.2, 0) is 11.3 Å². The lowest BCUT2D eigenvalue weighted by atomic mass is 10.0. The lowest BCUT2D eigenvalue weighted by Crippen LogP contribution is -2.43. The summed E-state index contributed by atoms with van der Waals surface area (Å²) >= 11 is 0. The number of nitrogens with zero attached hydrogens (tertiary/aromatic N) is 3. The summed E-state index contributed by atoms with van der Waals surface area (Å²) in [6.07, 6.45) is 0. The minimum atomic E-state index is -0.159. The number of aliphatic hydroxyl groups excluding tert-OH is 1. The molecule has 0 aromatic heterocycles. The summed E-state index contributed by atoms with van der Waals surface area (Å²) in [6.45, 7) is 5.92. The fourth-order valence-electron chi connectivity index (χ4n) is 3.49. The summed E-state index contributed by atoms with van der Waals surface area (Å²) in [5, 5.41) is 9.35. The Hall–Kier alpha value is -2.86. The highest BCUT2D eigenvalue weighted by atomic mass is 16.3. The van der Waals surface area contributed by atoms with Crippen molar-refractivity contribution in [2.75, 3.05) is 37.7 Å². The number of benzene rings is 2. The average Bonchev–Trinajstić information content (AvgIpc) is 3.08. The monoisotopic (exact) mass is 395 g/mol. The van der Waals surface area contributed by atoms with Crippen molar-refractivity contribution in [3.8, 4) is 0 Å². The smallest absolute Gasteiger partial charge is 0.325 e. The van der Waals surface area contributed by atoms with E-state index in [4.69, 9.17) is 0 Å². The predicted octanol–water partition coefficient (Wildman–Crippen LogP) is 3.07. The van der Waals surface area contributed by atoms with E-state index in [9.17, 15) is 14.7 Å². The molecule has 1 heterocycles. The molecule has 1 aliphatic rings. The van der Waals surface area contributed by atoms with Crippen LogP contribution in [0.2, 0.25) is 0 Å². The van der Waals surface area contributed by atoms with Crippen molar-refractivity contribution in [2.45, 2.75) is 26.3 Å². The molecule has 1 aliphatic heterocycles. The largest absolute Gasteiger partial charge is 0.395 e. The van der Waals surface area contributed by atoms with Gasteiger partial charge in [-0.05, 0) is 29.2 Å². The standard InChI is InChI=1S/C23H29N3O3/c1-18(2)20-8-10-21(11-9-20)26-13-12-25(23(26)29)17-22(28)24(14-15-27)16-19-6-4-3-5-7-19/h3-11,18,27H,12-17H2,1-2H3. The number of anilines is 1. The van der Waals surface area contributed by atoms with Crippen LogP contribution in [0.1, 0.15) is 30.9 Å². The number of hydrogen-bond acceptors (Lipinski definition) is 3. The third-order valence-electron chi connectivity index (χ3n) is 5.23. The molecule has 2 aromatic rings. The highest BCUT2D eigenvalue weighted by Crippen LogP contribution is 2.23. The van der Waals surface area contributed by atoms with Crippen LogP contribution < -0.4 is 4.90 Å². The Kier molecular flexibility index (Phi) is 6.88. The summed E-state index contributed by atoms with van der Waals surface area (Å²) < 4.78 is 0. The van der Waals surface area contributed by atoms with Crippen molar-refractivity contribution in [3.63, 3.8) is 0 Å². The Balaban J connectivity index is 1.63. The molecule has 1 N–H and O–H groups in total. The van der Waals surface area contributed by atoms with Crippen LogP contribution in [0.15, 0.2) is 54.6 Å². The van der Waals surface area contributed by atoms with Crippen LogP contribution in [0.4, 0.5) is 10.5 Å². The summed E-state index contributed by atoms with van der Waals surface area (Å²) in [5.74, 6) is 0.280. The zero-order valence-corrected chi connectivity index (χ0v) is 17.1.